The molecule has 5 nitrogen and oxygen atoms in total. The van der Waals surface area contributed by atoms with Crippen LogP contribution < -0.4 is 5.73 Å². The van der Waals surface area contributed by atoms with Gasteiger partial charge in [-0.3, -0.25) is 4.79 Å². The highest BCUT2D eigenvalue weighted by Crippen LogP contribution is 2.07. The van der Waals surface area contributed by atoms with E-state index in [1.807, 2.05) is 36.4 Å². The fourth-order valence-electron chi connectivity index (χ4n) is 1.51. The molecule has 2 N–H and O–H groups in total. The lowest BCUT2D eigenvalue weighted by molar-refractivity contribution is -0.127. The first kappa shape index (κ1) is 19.2. The van der Waals surface area contributed by atoms with E-state index < -0.39 is 0 Å². The maximum Gasteiger partial charge on any atom is 0.222 e. The van der Waals surface area contributed by atoms with Crippen LogP contribution in [0.5, 0.6) is 0 Å². The van der Waals surface area contributed by atoms with Gasteiger partial charge in [0.05, 0.1) is 6.33 Å². The molecule has 0 unspecified atom stereocenters. The second-order valence-electron chi connectivity index (χ2n) is 5.20. The minimum atomic E-state index is 0.326. The highest BCUT2D eigenvalue weighted by Gasteiger charge is 2.16. The van der Waals surface area contributed by atoms with Gasteiger partial charge in [-0.25, -0.2) is 4.98 Å². The van der Waals surface area contributed by atoms with Crippen molar-refractivity contribution < 1.29 is 4.79 Å². The molecule has 0 radical (unpaired) electrons. The monoisotopic (exact) mass is 294 g/mol. The van der Waals surface area contributed by atoms with Crippen molar-refractivity contribution in [2.75, 3.05) is 13.1 Å². The molecule has 2 rings (SSSR count). The average Bonchev–Trinajstić information content (AvgIpc) is 3.10. The summed E-state index contributed by atoms with van der Waals surface area (Å²) in [6.07, 6.45) is 7.37. The summed E-state index contributed by atoms with van der Waals surface area (Å²) in [6, 6.07) is 0. The fraction of sp³-hybridized carbons (Fsp3) is 0.625. The Morgan fingerprint density at radius 1 is 1.43 bits per heavy atom. The van der Waals surface area contributed by atoms with Crippen molar-refractivity contribution in [2.24, 2.45) is 11.7 Å². The molecule has 1 fully saturated rings. The van der Waals surface area contributed by atoms with E-state index in [1.54, 1.807) is 12.5 Å². The van der Waals surface area contributed by atoms with Crippen molar-refractivity contribution >= 4 is 5.91 Å². The lowest BCUT2D eigenvalue weighted by atomic mass is 10.2. The van der Waals surface area contributed by atoms with E-state index in [0.29, 0.717) is 11.8 Å². The van der Waals surface area contributed by atoms with Crippen LogP contribution in [0.1, 0.15) is 40.5 Å². The van der Waals surface area contributed by atoms with E-state index in [2.05, 4.69) is 18.5 Å². The van der Waals surface area contributed by atoms with Gasteiger partial charge >= 0.3 is 0 Å². The predicted molar refractivity (Wildman–Crippen MR) is 87.6 cm³/mol. The summed E-state index contributed by atoms with van der Waals surface area (Å²) >= 11 is 0. The van der Waals surface area contributed by atoms with E-state index in [1.165, 1.54) is 0 Å². The number of likely N-dealkylation sites (tertiary alicyclic amines) is 1. The van der Waals surface area contributed by atoms with Gasteiger partial charge < -0.3 is 15.2 Å². The number of aryl methyl sites for hydroxylation is 1. The van der Waals surface area contributed by atoms with Gasteiger partial charge in [-0.2, -0.15) is 0 Å². The van der Waals surface area contributed by atoms with Crippen LogP contribution in [0.15, 0.2) is 31.0 Å². The van der Waals surface area contributed by atoms with Crippen LogP contribution >= 0.6 is 0 Å². The Labute approximate surface area is 128 Å². The van der Waals surface area contributed by atoms with Crippen LogP contribution in [-0.4, -0.2) is 33.4 Å². The van der Waals surface area contributed by atoms with E-state index in [9.17, 15) is 4.79 Å². The van der Waals surface area contributed by atoms with Gasteiger partial charge in [0.15, 0.2) is 0 Å². The van der Waals surface area contributed by atoms with Crippen molar-refractivity contribution in [2.45, 2.75) is 47.1 Å². The molecule has 0 atom stereocenters. The fourth-order valence-corrected chi connectivity index (χ4v) is 1.51. The first-order chi connectivity index (χ1) is 9.92. The van der Waals surface area contributed by atoms with Crippen molar-refractivity contribution in [1.29, 1.82) is 0 Å². The highest BCUT2D eigenvalue weighted by molar-refractivity contribution is 5.77. The molecule has 1 aromatic heterocycles. The molecule has 21 heavy (non-hydrogen) atoms. The van der Waals surface area contributed by atoms with Gasteiger partial charge in [-0.05, 0) is 26.2 Å². The normalized spacial score (nSPS) is 13.4. The summed E-state index contributed by atoms with van der Waals surface area (Å²) in [5, 5.41) is 0. The Kier molecular flexibility index (Phi) is 10.0. The van der Waals surface area contributed by atoms with Gasteiger partial charge in [0.25, 0.3) is 0 Å². The number of hydrogen-bond acceptors (Lipinski definition) is 3. The predicted octanol–water partition coefficient (Wildman–Crippen LogP) is 2.65. The summed E-state index contributed by atoms with van der Waals surface area (Å²) in [5.74, 6) is 0.762. The van der Waals surface area contributed by atoms with Crippen molar-refractivity contribution in [3.63, 3.8) is 0 Å². The number of nitrogens with two attached hydrogens (primary N) is 1. The molecule has 0 bridgehead atoms. The topological polar surface area (TPSA) is 64.2 Å². The van der Waals surface area contributed by atoms with Crippen LogP contribution in [0.3, 0.4) is 0 Å². The van der Waals surface area contributed by atoms with Crippen LogP contribution in [0.2, 0.25) is 0 Å². The smallest absolute Gasteiger partial charge is 0.222 e. The number of aromatic nitrogens is 2. The molecule has 2 heterocycles. The maximum atomic E-state index is 10.7. The molecule has 120 valence electrons. The third-order valence-electron chi connectivity index (χ3n) is 3.22. The quantitative estimate of drug-likeness (QED) is 0.932. The number of carbonyl (C=O) groups excluding carboxylic acids is 1. The molecular formula is C16H30N4O. The molecule has 1 amide bonds. The maximum absolute atomic E-state index is 10.7. The third kappa shape index (κ3) is 8.89. The number of hydrogen-bond donors (Lipinski definition) is 1. The Morgan fingerprint density at radius 2 is 2.05 bits per heavy atom. The molecule has 1 saturated heterocycles. The minimum Gasteiger partial charge on any atom is -0.402 e. The molecule has 5 heteroatoms. The lowest BCUT2D eigenvalue weighted by Gasteiger charge is -2.10. The van der Waals surface area contributed by atoms with E-state index in [-0.39, 0.29) is 0 Å². The molecule has 1 aliphatic rings. The first-order valence-corrected chi connectivity index (χ1v) is 7.60. The summed E-state index contributed by atoms with van der Waals surface area (Å²) in [4.78, 5) is 16.5. The third-order valence-corrected chi connectivity index (χ3v) is 3.22. The Hall–Kier alpha value is -1.78. The highest BCUT2D eigenvalue weighted by atomic mass is 16.2. The van der Waals surface area contributed by atoms with Crippen LogP contribution in [0.4, 0.5) is 0 Å². The van der Waals surface area contributed by atoms with Crippen molar-refractivity contribution in [1.82, 2.24) is 14.5 Å². The summed E-state index contributed by atoms with van der Waals surface area (Å²) < 4.78 is 2.01. The summed E-state index contributed by atoms with van der Waals surface area (Å²) in [7, 11) is 0. The first-order valence-electron chi connectivity index (χ1n) is 7.60. The average molecular weight is 294 g/mol. The zero-order valence-corrected chi connectivity index (χ0v) is 13.9. The lowest BCUT2D eigenvalue weighted by Crippen LogP contribution is -2.23. The SMILES string of the molecule is C=C(N)C(C)C.CCN1CCCC1=O.CCn1ccnc1. The van der Waals surface area contributed by atoms with E-state index in [4.69, 9.17) is 5.73 Å². The molecule has 1 aromatic rings. The number of imidazole rings is 1. The standard InChI is InChI=1S/C6H11NO.C5H8N2.C5H11N/c1-2-7-5-3-4-6(7)8;1-2-7-4-3-6-5-7;1-4(2)5(3)6/h2-5H2,1H3;3-5H,2H2,1H3;4H,3,6H2,1-2H3. The summed E-state index contributed by atoms with van der Waals surface area (Å²) in [6.45, 7) is 14.6. The molecule has 0 spiro atoms. The molecular weight excluding hydrogens is 264 g/mol. The van der Waals surface area contributed by atoms with Gasteiger partial charge in [0.1, 0.15) is 0 Å². The van der Waals surface area contributed by atoms with E-state index >= 15 is 0 Å². The second kappa shape index (κ2) is 10.9. The van der Waals surface area contributed by atoms with E-state index in [0.717, 1.165) is 38.2 Å². The van der Waals surface area contributed by atoms with Gasteiger partial charge in [0, 0.05) is 44.1 Å². The van der Waals surface area contributed by atoms with Crippen LogP contribution in [0, 0.1) is 5.92 Å². The Bertz CT molecular complexity index is 398. The molecule has 0 aliphatic carbocycles. The molecule has 0 aromatic carbocycles. The van der Waals surface area contributed by atoms with Gasteiger partial charge in [-0.15, -0.1) is 0 Å². The number of allylic oxidation sites excluding steroid dienone is 1. The number of rotatable bonds is 3. The Morgan fingerprint density at radius 3 is 2.24 bits per heavy atom. The number of amides is 1. The Balaban J connectivity index is 0.000000290. The minimum absolute atomic E-state index is 0.326. The van der Waals surface area contributed by atoms with Gasteiger partial charge in [-0.1, -0.05) is 20.4 Å². The van der Waals surface area contributed by atoms with Crippen LogP contribution in [0.25, 0.3) is 0 Å². The summed E-state index contributed by atoms with van der Waals surface area (Å²) in [5.41, 5.74) is 6.00. The largest absolute Gasteiger partial charge is 0.402 e. The van der Waals surface area contributed by atoms with Gasteiger partial charge in [0.2, 0.25) is 5.91 Å². The van der Waals surface area contributed by atoms with Crippen LogP contribution in [-0.2, 0) is 11.3 Å². The number of carbonyl (C=O) groups is 1. The van der Waals surface area contributed by atoms with Crippen molar-refractivity contribution in [3.8, 4) is 0 Å². The number of nitrogens with zero attached hydrogens (tertiary/aromatic N) is 3. The zero-order valence-electron chi connectivity index (χ0n) is 13.9. The van der Waals surface area contributed by atoms with Crippen molar-refractivity contribution in [3.05, 3.63) is 31.0 Å². The zero-order chi connectivity index (χ0) is 16.3. The second-order valence-corrected chi connectivity index (χ2v) is 5.20. The molecule has 0 saturated carbocycles. The molecule has 1 aliphatic heterocycles.